The molecule has 64 valence electrons. The van der Waals surface area contributed by atoms with Gasteiger partial charge < -0.3 is 4.57 Å². The number of hydrogen-bond acceptors (Lipinski definition) is 1. The Balaban J connectivity index is 0.000000187. The van der Waals surface area contributed by atoms with Crippen LogP contribution in [0.15, 0.2) is 18.7 Å². The lowest BCUT2D eigenvalue weighted by Crippen LogP contribution is -1.76. The average molecular weight is 154 g/mol. The van der Waals surface area contributed by atoms with Gasteiger partial charge in [0.05, 0.1) is 6.33 Å². The number of rotatable bonds is 2. The third kappa shape index (κ3) is 7.10. The van der Waals surface area contributed by atoms with Crippen molar-refractivity contribution in [3.63, 3.8) is 0 Å². The molecule has 0 radical (unpaired) electrons. The van der Waals surface area contributed by atoms with Gasteiger partial charge in [0, 0.05) is 19.4 Å². The molecule has 1 heterocycles. The molecule has 0 saturated heterocycles. The van der Waals surface area contributed by atoms with Crippen molar-refractivity contribution in [1.82, 2.24) is 9.55 Å². The number of aryl methyl sites for hydroxylation is 1. The highest BCUT2D eigenvalue weighted by Crippen LogP contribution is 1.88. The van der Waals surface area contributed by atoms with Gasteiger partial charge in [0.15, 0.2) is 0 Å². The van der Waals surface area contributed by atoms with E-state index in [1.54, 1.807) is 12.5 Å². The Labute approximate surface area is 69.3 Å². The number of hydrogen-bond donors (Lipinski definition) is 0. The lowest BCUT2D eigenvalue weighted by atomic mass is 10.3. The number of imidazole rings is 1. The van der Waals surface area contributed by atoms with Crippen molar-refractivity contribution in [3.8, 4) is 0 Å². The Morgan fingerprint density at radius 1 is 1.27 bits per heavy atom. The highest BCUT2D eigenvalue weighted by Gasteiger charge is 1.69. The Bertz CT molecular complexity index is 143. The molecule has 1 rings (SSSR count). The average Bonchev–Trinajstić information content (AvgIpc) is 2.43. The molecule has 0 fully saturated rings. The molecule has 1 aromatic rings. The maximum absolute atomic E-state index is 3.78. The van der Waals surface area contributed by atoms with E-state index in [0.717, 1.165) is 0 Å². The summed E-state index contributed by atoms with van der Waals surface area (Å²) in [4.78, 5) is 3.78. The smallest absolute Gasteiger partial charge is 0.0943 e. The summed E-state index contributed by atoms with van der Waals surface area (Å²) >= 11 is 0. The van der Waals surface area contributed by atoms with Crippen LogP contribution in [0.2, 0.25) is 0 Å². The molecule has 2 nitrogen and oxygen atoms in total. The molecule has 0 spiro atoms. The standard InChI is InChI=1S/C5H12.C4H6N2/c1-3-5-4-2;1-6-3-2-5-4-6/h3-5H2,1-2H3;2-4H,1H3. The topological polar surface area (TPSA) is 17.8 Å². The molecule has 0 aromatic carbocycles. The van der Waals surface area contributed by atoms with Gasteiger partial charge in [-0.3, -0.25) is 0 Å². The molecule has 0 atom stereocenters. The van der Waals surface area contributed by atoms with Gasteiger partial charge in [-0.15, -0.1) is 0 Å². The second-order valence-corrected chi connectivity index (χ2v) is 2.58. The summed E-state index contributed by atoms with van der Waals surface area (Å²) in [7, 11) is 1.94. The van der Waals surface area contributed by atoms with Crippen LogP contribution in [0, 0.1) is 0 Å². The molecular weight excluding hydrogens is 136 g/mol. The number of unbranched alkanes of at least 4 members (excludes halogenated alkanes) is 2. The van der Waals surface area contributed by atoms with E-state index in [1.807, 2.05) is 17.8 Å². The van der Waals surface area contributed by atoms with Crippen LogP contribution >= 0.6 is 0 Å². The van der Waals surface area contributed by atoms with Crippen LogP contribution in [0.4, 0.5) is 0 Å². The predicted octanol–water partition coefficient (Wildman–Crippen LogP) is 2.62. The zero-order valence-corrected chi connectivity index (χ0v) is 7.75. The largest absolute Gasteiger partial charge is 0.341 e. The molecule has 0 N–H and O–H groups in total. The SMILES string of the molecule is CCCCC.Cn1ccnc1. The third-order valence-electron chi connectivity index (χ3n) is 1.34. The molecular formula is C9H18N2. The Morgan fingerprint density at radius 3 is 2.00 bits per heavy atom. The van der Waals surface area contributed by atoms with Crippen molar-refractivity contribution in [1.29, 1.82) is 0 Å². The summed E-state index contributed by atoms with van der Waals surface area (Å²) in [6.07, 6.45) is 9.47. The zero-order valence-electron chi connectivity index (χ0n) is 7.75. The first-order valence-corrected chi connectivity index (χ1v) is 4.23. The monoisotopic (exact) mass is 154 g/mol. The molecule has 0 amide bonds. The van der Waals surface area contributed by atoms with Gasteiger partial charge in [-0.25, -0.2) is 4.98 Å². The Morgan fingerprint density at radius 2 is 1.91 bits per heavy atom. The van der Waals surface area contributed by atoms with Crippen molar-refractivity contribution in [2.24, 2.45) is 7.05 Å². The third-order valence-corrected chi connectivity index (χ3v) is 1.34. The molecule has 0 aliphatic carbocycles. The van der Waals surface area contributed by atoms with E-state index in [-0.39, 0.29) is 0 Å². The van der Waals surface area contributed by atoms with Crippen LogP contribution in [-0.2, 0) is 7.05 Å². The van der Waals surface area contributed by atoms with Crippen LogP contribution in [0.5, 0.6) is 0 Å². The first kappa shape index (κ1) is 10.2. The molecule has 2 heteroatoms. The first-order valence-electron chi connectivity index (χ1n) is 4.23. The normalized spacial score (nSPS) is 8.64. The highest BCUT2D eigenvalue weighted by atomic mass is 15.0. The van der Waals surface area contributed by atoms with Gasteiger partial charge >= 0.3 is 0 Å². The number of nitrogens with zero attached hydrogens (tertiary/aromatic N) is 2. The fourth-order valence-electron chi connectivity index (χ4n) is 0.679. The van der Waals surface area contributed by atoms with E-state index in [4.69, 9.17) is 0 Å². The van der Waals surface area contributed by atoms with E-state index in [1.165, 1.54) is 19.3 Å². The molecule has 11 heavy (non-hydrogen) atoms. The molecule has 0 aliphatic heterocycles. The molecule has 0 unspecified atom stereocenters. The van der Waals surface area contributed by atoms with Crippen LogP contribution in [0.1, 0.15) is 33.1 Å². The molecule has 0 aliphatic rings. The lowest BCUT2D eigenvalue weighted by molar-refractivity contribution is 0.772. The van der Waals surface area contributed by atoms with E-state index in [2.05, 4.69) is 18.8 Å². The molecule has 0 bridgehead atoms. The zero-order chi connectivity index (χ0) is 8.53. The van der Waals surface area contributed by atoms with Crippen molar-refractivity contribution < 1.29 is 0 Å². The summed E-state index contributed by atoms with van der Waals surface area (Å²) in [6, 6.07) is 0. The maximum atomic E-state index is 3.78. The predicted molar refractivity (Wildman–Crippen MR) is 48.4 cm³/mol. The van der Waals surface area contributed by atoms with E-state index < -0.39 is 0 Å². The second kappa shape index (κ2) is 7.32. The minimum absolute atomic E-state index is 1.34. The van der Waals surface area contributed by atoms with Gasteiger partial charge in [0.2, 0.25) is 0 Å². The van der Waals surface area contributed by atoms with Crippen molar-refractivity contribution in [2.45, 2.75) is 33.1 Å². The quantitative estimate of drug-likeness (QED) is 0.640. The van der Waals surface area contributed by atoms with Crippen molar-refractivity contribution >= 4 is 0 Å². The number of aromatic nitrogens is 2. The highest BCUT2D eigenvalue weighted by molar-refractivity contribution is 4.70. The second-order valence-electron chi connectivity index (χ2n) is 2.58. The maximum Gasteiger partial charge on any atom is 0.0943 e. The van der Waals surface area contributed by atoms with E-state index >= 15 is 0 Å². The fraction of sp³-hybridized carbons (Fsp3) is 0.667. The summed E-state index contributed by atoms with van der Waals surface area (Å²) in [5.74, 6) is 0. The molecule has 0 saturated carbocycles. The Kier molecular flexibility index (Phi) is 6.79. The van der Waals surface area contributed by atoms with Crippen LogP contribution in [0.25, 0.3) is 0 Å². The van der Waals surface area contributed by atoms with Crippen LogP contribution in [0.3, 0.4) is 0 Å². The van der Waals surface area contributed by atoms with Crippen LogP contribution < -0.4 is 0 Å². The summed E-state index contributed by atoms with van der Waals surface area (Å²) in [5, 5.41) is 0. The summed E-state index contributed by atoms with van der Waals surface area (Å²) in [6.45, 7) is 4.42. The van der Waals surface area contributed by atoms with Crippen molar-refractivity contribution in [2.75, 3.05) is 0 Å². The van der Waals surface area contributed by atoms with E-state index in [0.29, 0.717) is 0 Å². The van der Waals surface area contributed by atoms with Crippen LogP contribution in [-0.4, -0.2) is 9.55 Å². The lowest BCUT2D eigenvalue weighted by Gasteiger charge is -1.79. The first-order chi connectivity index (χ1) is 5.31. The fourth-order valence-corrected chi connectivity index (χ4v) is 0.679. The summed E-state index contributed by atoms with van der Waals surface area (Å²) < 4.78 is 1.89. The Hall–Kier alpha value is -0.790. The van der Waals surface area contributed by atoms with Gasteiger partial charge in [0.25, 0.3) is 0 Å². The minimum atomic E-state index is 1.34. The van der Waals surface area contributed by atoms with Gasteiger partial charge in [-0.2, -0.15) is 0 Å². The molecule has 1 aromatic heterocycles. The minimum Gasteiger partial charge on any atom is -0.341 e. The van der Waals surface area contributed by atoms with E-state index in [9.17, 15) is 0 Å². The van der Waals surface area contributed by atoms with Crippen molar-refractivity contribution in [3.05, 3.63) is 18.7 Å². The van der Waals surface area contributed by atoms with Gasteiger partial charge in [-0.1, -0.05) is 33.1 Å². The van der Waals surface area contributed by atoms with Gasteiger partial charge in [0.1, 0.15) is 0 Å². The summed E-state index contributed by atoms with van der Waals surface area (Å²) in [5.41, 5.74) is 0. The van der Waals surface area contributed by atoms with Gasteiger partial charge in [-0.05, 0) is 0 Å².